The normalized spacial score (nSPS) is 24.0. The summed E-state index contributed by atoms with van der Waals surface area (Å²) < 4.78 is 5.41. The van der Waals surface area contributed by atoms with E-state index in [2.05, 4.69) is 28.9 Å². The predicted molar refractivity (Wildman–Crippen MR) is 75.0 cm³/mol. The molecule has 1 aliphatic rings. The van der Waals surface area contributed by atoms with Crippen molar-refractivity contribution in [3.8, 4) is 0 Å². The van der Waals surface area contributed by atoms with Gasteiger partial charge in [-0.25, -0.2) is 0 Å². The predicted octanol–water partition coefficient (Wildman–Crippen LogP) is 1.94. The van der Waals surface area contributed by atoms with Crippen LogP contribution in [0.3, 0.4) is 0 Å². The van der Waals surface area contributed by atoms with Crippen LogP contribution >= 0.6 is 0 Å². The third-order valence-corrected chi connectivity index (χ3v) is 4.17. The molecule has 0 spiro atoms. The van der Waals surface area contributed by atoms with Crippen LogP contribution < -0.4 is 5.73 Å². The molecule has 19 heavy (non-hydrogen) atoms. The Hall–Kier alpha value is -0.940. The topological polar surface area (TPSA) is 68.2 Å². The Labute approximate surface area is 115 Å². The van der Waals surface area contributed by atoms with Crippen molar-refractivity contribution in [1.29, 1.82) is 0 Å². The highest BCUT2D eigenvalue weighted by Crippen LogP contribution is 2.30. The zero-order valence-electron chi connectivity index (χ0n) is 12.1. The molecule has 2 unspecified atom stereocenters. The molecule has 0 radical (unpaired) electrons. The Kier molecular flexibility index (Phi) is 5.34. The lowest BCUT2D eigenvalue weighted by Gasteiger charge is -2.25. The smallest absolute Gasteiger partial charge is 0.231 e. The van der Waals surface area contributed by atoms with Crippen LogP contribution in [0.4, 0.5) is 0 Å². The first-order valence-electron chi connectivity index (χ1n) is 7.55. The molecule has 2 N–H and O–H groups in total. The number of nitrogens with zero attached hydrogens (tertiary/aromatic N) is 3. The van der Waals surface area contributed by atoms with E-state index >= 15 is 0 Å². The van der Waals surface area contributed by atoms with Gasteiger partial charge in [-0.3, -0.25) is 0 Å². The van der Waals surface area contributed by atoms with Crippen molar-refractivity contribution in [2.75, 3.05) is 19.6 Å². The second-order valence-electron chi connectivity index (χ2n) is 5.38. The first-order valence-corrected chi connectivity index (χ1v) is 7.55. The average Bonchev–Trinajstić information content (AvgIpc) is 2.89. The minimum atomic E-state index is 0.185. The molecule has 108 valence electrons. The maximum Gasteiger partial charge on any atom is 0.231 e. The van der Waals surface area contributed by atoms with Crippen LogP contribution in [0.2, 0.25) is 0 Å². The van der Waals surface area contributed by atoms with Crippen LogP contribution in [0.15, 0.2) is 4.52 Å². The van der Waals surface area contributed by atoms with Crippen molar-refractivity contribution in [2.45, 2.75) is 57.9 Å². The molecule has 1 heterocycles. The van der Waals surface area contributed by atoms with E-state index in [1.165, 1.54) is 12.8 Å². The third-order valence-electron chi connectivity index (χ3n) is 4.17. The minimum absolute atomic E-state index is 0.185. The van der Waals surface area contributed by atoms with Gasteiger partial charge in [-0.2, -0.15) is 4.98 Å². The van der Waals surface area contributed by atoms with Gasteiger partial charge in [0.1, 0.15) is 0 Å². The van der Waals surface area contributed by atoms with Gasteiger partial charge in [-0.05, 0) is 25.9 Å². The van der Waals surface area contributed by atoms with Crippen LogP contribution in [0.5, 0.6) is 0 Å². The van der Waals surface area contributed by atoms with E-state index < -0.39 is 0 Å². The van der Waals surface area contributed by atoms with E-state index in [0.29, 0.717) is 0 Å². The van der Waals surface area contributed by atoms with Crippen LogP contribution in [-0.2, 0) is 6.42 Å². The van der Waals surface area contributed by atoms with Gasteiger partial charge in [-0.15, -0.1) is 0 Å². The summed E-state index contributed by atoms with van der Waals surface area (Å²) >= 11 is 0. The first-order chi connectivity index (χ1) is 9.24. The summed E-state index contributed by atoms with van der Waals surface area (Å²) in [7, 11) is 0. The number of hydrogen-bond donors (Lipinski definition) is 1. The lowest BCUT2D eigenvalue weighted by atomic mass is 9.85. The van der Waals surface area contributed by atoms with Crippen LogP contribution in [-0.4, -0.2) is 40.7 Å². The van der Waals surface area contributed by atoms with Gasteiger partial charge in [-0.1, -0.05) is 31.8 Å². The van der Waals surface area contributed by atoms with Crippen LogP contribution in [0, 0.1) is 0 Å². The van der Waals surface area contributed by atoms with E-state index in [-0.39, 0.29) is 12.0 Å². The molecule has 0 amide bonds. The lowest BCUT2D eigenvalue weighted by molar-refractivity contribution is 0.286. The molecule has 1 saturated carbocycles. The fourth-order valence-electron chi connectivity index (χ4n) is 2.78. The van der Waals surface area contributed by atoms with Crippen molar-refractivity contribution < 1.29 is 4.52 Å². The largest absolute Gasteiger partial charge is 0.339 e. The van der Waals surface area contributed by atoms with E-state index in [1.54, 1.807) is 0 Å². The van der Waals surface area contributed by atoms with Crippen molar-refractivity contribution in [2.24, 2.45) is 5.73 Å². The zero-order chi connectivity index (χ0) is 13.7. The molecular formula is C14H26N4O. The number of rotatable bonds is 6. The molecule has 1 aliphatic carbocycles. The highest BCUT2D eigenvalue weighted by atomic mass is 16.5. The van der Waals surface area contributed by atoms with E-state index in [9.17, 15) is 0 Å². The second-order valence-corrected chi connectivity index (χ2v) is 5.38. The highest BCUT2D eigenvalue weighted by molar-refractivity contribution is 5.00. The van der Waals surface area contributed by atoms with Crippen molar-refractivity contribution in [1.82, 2.24) is 15.0 Å². The molecule has 1 aromatic heterocycles. The number of nitrogens with two attached hydrogens (primary N) is 1. The summed E-state index contributed by atoms with van der Waals surface area (Å²) in [6, 6.07) is 0.185. The molecule has 0 saturated heterocycles. The Morgan fingerprint density at radius 3 is 2.68 bits per heavy atom. The van der Waals surface area contributed by atoms with Gasteiger partial charge in [0, 0.05) is 19.0 Å². The first kappa shape index (κ1) is 14.5. The van der Waals surface area contributed by atoms with Gasteiger partial charge >= 0.3 is 0 Å². The third kappa shape index (κ3) is 3.76. The summed E-state index contributed by atoms with van der Waals surface area (Å²) in [5.41, 5.74) is 6.15. The summed E-state index contributed by atoms with van der Waals surface area (Å²) in [4.78, 5) is 6.90. The lowest BCUT2D eigenvalue weighted by Crippen LogP contribution is -2.31. The molecule has 5 heteroatoms. The summed E-state index contributed by atoms with van der Waals surface area (Å²) in [5, 5.41) is 4.10. The number of likely N-dealkylation sites (N-methyl/N-ethyl adjacent to an activating group) is 1. The number of hydrogen-bond acceptors (Lipinski definition) is 5. The molecule has 1 aromatic rings. The quantitative estimate of drug-likeness (QED) is 0.852. The van der Waals surface area contributed by atoms with Gasteiger partial charge in [0.25, 0.3) is 0 Å². The molecule has 0 aliphatic heterocycles. The van der Waals surface area contributed by atoms with Crippen molar-refractivity contribution in [3.63, 3.8) is 0 Å². The Bertz CT molecular complexity index is 375. The molecule has 2 atom stereocenters. The molecule has 2 rings (SSSR count). The highest BCUT2D eigenvalue weighted by Gasteiger charge is 2.28. The van der Waals surface area contributed by atoms with Gasteiger partial charge in [0.2, 0.25) is 5.89 Å². The van der Waals surface area contributed by atoms with Crippen LogP contribution in [0.1, 0.15) is 57.2 Å². The minimum Gasteiger partial charge on any atom is -0.339 e. The van der Waals surface area contributed by atoms with Crippen molar-refractivity contribution in [3.05, 3.63) is 11.7 Å². The fourth-order valence-corrected chi connectivity index (χ4v) is 2.78. The molecule has 1 fully saturated rings. The maximum absolute atomic E-state index is 6.15. The van der Waals surface area contributed by atoms with E-state index in [1.807, 2.05) is 0 Å². The standard InChI is InChI=1S/C14H26N4O/c1-3-18(4-2)10-9-13-16-14(19-17-13)11-7-5-6-8-12(11)15/h11-12H,3-10,15H2,1-2H3. The van der Waals surface area contributed by atoms with Gasteiger partial charge < -0.3 is 15.2 Å². The van der Waals surface area contributed by atoms with E-state index in [0.717, 1.165) is 50.6 Å². The van der Waals surface area contributed by atoms with Crippen LogP contribution in [0.25, 0.3) is 0 Å². The Morgan fingerprint density at radius 1 is 1.26 bits per heavy atom. The Morgan fingerprint density at radius 2 is 2.00 bits per heavy atom. The molecule has 5 nitrogen and oxygen atoms in total. The fraction of sp³-hybridized carbons (Fsp3) is 0.857. The summed E-state index contributed by atoms with van der Waals surface area (Å²) in [6.45, 7) is 7.46. The second kappa shape index (κ2) is 7.01. The summed E-state index contributed by atoms with van der Waals surface area (Å²) in [5.74, 6) is 1.84. The molecule has 0 aromatic carbocycles. The summed E-state index contributed by atoms with van der Waals surface area (Å²) in [6.07, 6.45) is 5.45. The van der Waals surface area contributed by atoms with E-state index in [4.69, 9.17) is 10.3 Å². The zero-order valence-corrected chi connectivity index (χ0v) is 12.1. The SMILES string of the molecule is CCN(CC)CCc1noc(C2CCCCC2N)n1. The Balaban J connectivity index is 1.91. The van der Waals surface area contributed by atoms with Gasteiger partial charge in [0.05, 0.1) is 5.92 Å². The molecular weight excluding hydrogens is 240 g/mol. The maximum atomic E-state index is 6.15. The average molecular weight is 266 g/mol. The van der Waals surface area contributed by atoms with Gasteiger partial charge in [0.15, 0.2) is 5.82 Å². The monoisotopic (exact) mass is 266 g/mol. The number of aromatic nitrogens is 2. The molecule has 0 bridgehead atoms. The van der Waals surface area contributed by atoms with Crippen molar-refractivity contribution >= 4 is 0 Å².